The Morgan fingerprint density at radius 3 is 2.35 bits per heavy atom. The van der Waals surface area contributed by atoms with Crippen molar-refractivity contribution in [3.8, 4) is 0 Å². The maximum absolute atomic E-state index is 13.6. The molecule has 0 radical (unpaired) electrons. The zero-order chi connectivity index (χ0) is 31.3. The summed E-state index contributed by atoms with van der Waals surface area (Å²) in [7, 11) is 0. The number of aromatic nitrogens is 1. The van der Waals surface area contributed by atoms with Crippen molar-refractivity contribution in [2.24, 2.45) is 5.73 Å². The van der Waals surface area contributed by atoms with E-state index in [1.807, 2.05) is 24.3 Å². The van der Waals surface area contributed by atoms with Gasteiger partial charge in [0.05, 0.1) is 6.42 Å². The molecular formula is C30H32N6O7. The van der Waals surface area contributed by atoms with Crippen LogP contribution in [0.5, 0.6) is 0 Å². The number of aromatic amines is 1. The lowest BCUT2D eigenvalue weighted by Gasteiger charge is -2.24. The van der Waals surface area contributed by atoms with Crippen molar-refractivity contribution in [3.63, 3.8) is 0 Å². The molecule has 3 unspecified atom stereocenters. The van der Waals surface area contributed by atoms with Crippen molar-refractivity contribution in [1.82, 2.24) is 20.9 Å². The number of nitrogens with two attached hydrogens (primary N) is 1. The van der Waals surface area contributed by atoms with E-state index in [0.29, 0.717) is 16.6 Å². The van der Waals surface area contributed by atoms with E-state index in [-0.39, 0.29) is 12.0 Å². The third-order valence-corrected chi connectivity index (χ3v) is 6.80. The molecule has 0 bridgehead atoms. The number of fused-ring (bicyclic) bond motifs is 2. The Hall–Kier alpha value is -5.46. The van der Waals surface area contributed by atoms with Crippen molar-refractivity contribution in [2.45, 2.75) is 51.7 Å². The highest BCUT2D eigenvalue weighted by Gasteiger charge is 2.30. The van der Waals surface area contributed by atoms with E-state index in [9.17, 15) is 28.8 Å². The monoisotopic (exact) mass is 588 g/mol. The lowest BCUT2D eigenvalue weighted by Crippen LogP contribution is -2.56. The van der Waals surface area contributed by atoms with Gasteiger partial charge in [0.25, 0.3) is 0 Å². The minimum Gasteiger partial charge on any atom is -0.423 e. The minimum absolute atomic E-state index is 0.0445. The number of hydrogen-bond acceptors (Lipinski definition) is 7. The summed E-state index contributed by atoms with van der Waals surface area (Å²) in [4.78, 5) is 77.8. The lowest BCUT2D eigenvalue weighted by molar-refractivity contribution is -0.134. The predicted octanol–water partition coefficient (Wildman–Crippen LogP) is 1.13. The zero-order valence-corrected chi connectivity index (χ0v) is 23.8. The molecule has 0 fully saturated rings. The summed E-state index contributed by atoms with van der Waals surface area (Å²) in [6.45, 7) is 4.41. The summed E-state index contributed by atoms with van der Waals surface area (Å²) in [6, 6.07) is 10.0. The average molecular weight is 589 g/mol. The van der Waals surface area contributed by atoms with Gasteiger partial charge < -0.3 is 36.4 Å². The number of primary amides is 1. The Kier molecular flexibility index (Phi) is 9.23. The summed E-state index contributed by atoms with van der Waals surface area (Å²) in [5.41, 5.74) is 7.66. The van der Waals surface area contributed by atoms with Crippen molar-refractivity contribution in [2.75, 3.05) is 5.32 Å². The number of anilines is 1. The number of aryl methyl sites for hydroxylation is 1. The van der Waals surface area contributed by atoms with E-state index in [1.165, 1.54) is 26.0 Å². The number of H-pyrrole nitrogens is 1. The molecular weight excluding hydrogens is 556 g/mol. The van der Waals surface area contributed by atoms with E-state index < -0.39 is 59.7 Å². The van der Waals surface area contributed by atoms with E-state index in [4.69, 9.17) is 10.2 Å². The third-order valence-electron chi connectivity index (χ3n) is 6.80. The summed E-state index contributed by atoms with van der Waals surface area (Å²) in [5.74, 6) is -3.48. The predicted molar refractivity (Wildman–Crippen MR) is 159 cm³/mol. The molecule has 0 aliphatic carbocycles. The first-order chi connectivity index (χ1) is 20.4. The van der Waals surface area contributed by atoms with Gasteiger partial charge in [0.15, 0.2) is 0 Å². The standard InChI is InChI=1S/C30H32N6O7/c1-15-10-27(39)43-25-12-19(8-9-20(15)25)34-29(41)23(11-18-14-32-22-7-5-4-6-21(18)22)36-30(42)24(13-26(31)38)35-28(40)16(2)33-17(3)37/h4-10,12,14,16,23-24,32H,11,13H2,1-3H3,(H2,31,38)(H,33,37)(H,34,41)(H,35,40)(H,36,42). The van der Waals surface area contributed by atoms with Crippen LogP contribution in [-0.2, 0) is 30.4 Å². The number of hydrogen-bond donors (Lipinski definition) is 6. The summed E-state index contributed by atoms with van der Waals surface area (Å²) in [6.07, 6.45) is 1.22. The molecule has 2 aromatic heterocycles. The Labute approximate surface area is 245 Å². The Morgan fingerprint density at radius 2 is 1.63 bits per heavy atom. The molecule has 5 amide bonds. The summed E-state index contributed by atoms with van der Waals surface area (Å²) in [5, 5.41) is 11.7. The minimum atomic E-state index is -1.42. The van der Waals surface area contributed by atoms with Crippen LogP contribution in [0, 0.1) is 6.92 Å². The second-order valence-corrected chi connectivity index (χ2v) is 10.2. The van der Waals surface area contributed by atoms with Gasteiger partial charge in [-0.1, -0.05) is 18.2 Å². The molecule has 3 atom stereocenters. The Morgan fingerprint density at radius 1 is 0.907 bits per heavy atom. The van der Waals surface area contributed by atoms with Gasteiger partial charge in [0.2, 0.25) is 29.5 Å². The molecule has 2 heterocycles. The number of para-hydroxylation sites is 1. The van der Waals surface area contributed by atoms with Gasteiger partial charge >= 0.3 is 5.63 Å². The van der Waals surface area contributed by atoms with Crippen LogP contribution in [0.2, 0.25) is 0 Å². The van der Waals surface area contributed by atoms with Crippen molar-refractivity contribution < 1.29 is 28.4 Å². The Bertz CT molecular complexity index is 1780. The fourth-order valence-electron chi connectivity index (χ4n) is 4.71. The normalized spacial score (nSPS) is 13.1. The maximum Gasteiger partial charge on any atom is 0.336 e. The summed E-state index contributed by atoms with van der Waals surface area (Å²) < 4.78 is 5.28. The average Bonchev–Trinajstić information content (AvgIpc) is 3.34. The molecule has 0 aliphatic rings. The molecule has 224 valence electrons. The van der Waals surface area contributed by atoms with E-state index >= 15 is 0 Å². The van der Waals surface area contributed by atoms with Crippen LogP contribution in [0.4, 0.5) is 5.69 Å². The van der Waals surface area contributed by atoms with Crippen molar-refractivity contribution in [1.29, 1.82) is 0 Å². The molecule has 7 N–H and O–H groups in total. The lowest BCUT2D eigenvalue weighted by atomic mass is 10.0. The first kappa shape index (κ1) is 30.5. The fraction of sp³-hybridized carbons (Fsp3) is 0.267. The maximum atomic E-state index is 13.6. The molecule has 0 saturated carbocycles. The molecule has 0 saturated heterocycles. The smallest absolute Gasteiger partial charge is 0.336 e. The van der Waals surface area contributed by atoms with Crippen LogP contribution in [0.25, 0.3) is 21.9 Å². The van der Waals surface area contributed by atoms with Crippen LogP contribution in [0.15, 0.2) is 63.9 Å². The number of nitrogens with one attached hydrogen (secondary N) is 5. The molecule has 0 spiro atoms. The van der Waals surface area contributed by atoms with Gasteiger partial charge in [-0.2, -0.15) is 0 Å². The largest absolute Gasteiger partial charge is 0.423 e. The SMILES string of the molecule is CC(=O)NC(C)C(=O)NC(CC(N)=O)C(=O)NC(Cc1c[nH]c2ccccc12)C(=O)Nc1ccc2c(C)cc(=O)oc2c1. The van der Waals surface area contributed by atoms with Gasteiger partial charge in [-0.05, 0) is 43.2 Å². The van der Waals surface area contributed by atoms with Gasteiger partial charge in [-0.25, -0.2) is 4.79 Å². The van der Waals surface area contributed by atoms with Crippen molar-refractivity contribution >= 4 is 57.1 Å². The zero-order valence-electron chi connectivity index (χ0n) is 23.8. The summed E-state index contributed by atoms with van der Waals surface area (Å²) >= 11 is 0. The molecule has 43 heavy (non-hydrogen) atoms. The number of benzene rings is 2. The highest BCUT2D eigenvalue weighted by atomic mass is 16.4. The molecule has 4 aromatic rings. The molecule has 2 aromatic carbocycles. The van der Waals surface area contributed by atoms with Crippen LogP contribution < -0.4 is 32.6 Å². The highest BCUT2D eigenvalue weighted by Crippen LogP contribution is 2.22. The quantitative estimate of drug-likeness (QED) is 0.141. The van der Waals surface area contributed by atoms with E-state index in [0.717, 1.165) is 16.5 Å². The number of rotatable bonds is 11. The third kappa shape index (κ3) is 7.64. The Balaban J connectivity index is 1.61. The van der Waals surface area contributed by atoms with Gasteiger partial charge in [0.1, 0.15) is 23.7 Å². The van der Waals surface area contributed by atoms with Gasteiger partial charge in [-0.3, -0.25) is 24.0 Å². The number of amides is 5. The van der Waals surface area contributed by atoms with Crippen LogP contribution in [0.3, 0.4) is 0 Å². The van der Waals surface area contributed by atoms with Crippen LogP contribution in [-0.4, -0.2) is 52.6 Å². The first-order valence-corrected chi connectivity index (χ1v) is 13.5. The van der Waals surface area contributed by atoms with Crippen molar-refractivity contribution in [3.05, 3.63) is 76.3 Å². The van der Waals surface area contributed by atoms with Gasteiger partial charge in [0, 0.05) is 53.7 Å². The van der Waals surface area contributed by atoms with Crippen LogP contribution in [0.1, 0.15) is 31.4 Å². The fourth-order valence-corrected chi connectivity index (χ4v) is 4.71. The topological polar surface area (TPSA) is 205 Å². The highest BCUT2D eigenvalue weighted by molar-refractivity contribution is 6.01. The molecule has 13 heteroatoms. The van der Waals surface area contributed by atoms with Crippen LogP contribution >= 0.6 is 0 Å². The molecule has 13 nitrogen and oxygen atoms in total. The second-order valence-electron chi connectivity index (χ2n) is 10.2. The first-order valence-electron chi connectivity index (χ1n) is 13.5. The van der Waals surface area contributed by atoms with E-state index in [2.05, 4.69) is 26.3 Å². The number of carbonyl (C=O) groups is 5. The van der Waals surface area contributed by atoms with Gasteiger partial charge in [-0.15, -0.1) is 0 Å². The van der Waals surface area contributed by atoms with E-state index in [1.54, 1.807) is 25.3 Å². The second kappa shape index (κ2) is 13.0. The number of carbonyl (C=O) groups excluding carboxylic acids is 5. The molecule has 4 rings (SSSR count). The molecule has 0 aliphatic heterocycles.